The molecule has 0 aromatic carbocycles. The summed E-state index contributed by atoms with van der Waals surface area (Å²) in [5.74, 6) is 0. The number of nitrogens with one attached hydrogen (secondary N) is 1. The number of aryl methyl sites for hydroxylation is 2. The lowest BCUT2D eigenvalue weighted by Crippen LogP contribution is -2.19. The molecule has 98 valence electrons. The third kappa shape index (κ3) is 2.94. The Balaban J connectivity index is 2.19. The van der Waals surface area contributed by atoms with Gasteiger partial charge in [0.15, 0.2) is 0 Å². The Morgan fingerprint density at radius 3 is 2.83 bits per heavy atom. The number of rotatable bonds is 5. The van der Waals surface area contributed by atoms with Crippen LogP contribution < -0.4 is 5.32 Å². The van der Waals surface area contributed by atoms with Crippen LogP contribution in [0.1, 0.15) is 29.2 Å². The third-order valence-corrected chi connectivity index (χ3v) is 4.33. The summed E-state index contributed by atoms with van der Waals surface area (Å²) in [5.41, 5.74) is 2.34. The van der Waals surface area contributed by atoms with E-state index in [0.29, 0.717) is 6.04 Å². The molecule has 1 N–H and O–H groups in total. The summed E-state index contributed by atoms with van der Waals surface area (Å²) in [5, 5.41) is 7.83. The Bertz CT molecular complexity index is 518. The summed E-state index contributed by atoms with van der Waals surface area (Å²) in [6, 6.07) is 6.49. The molecule has 0 saturated carbocycles. The van der Waals surface area contributed by atoms with Crippen molar-refractivity contribution in [3.63, 3.8) is 0 Å². The minimum absolute atomic E-state index is 0.295. The summed E-state index contributed by atoms with van der Waals surface area (Å²) < 4.78 is 2.90. The van der Waals surface area contributed by atoms with Gasteiger partial charge in [0.25, 0.3) is 0 Å². The minimum Gasteiger partial charge on any atom is -0.312 e. The van der Waals surface area contributed by atoms with E-state index >= 15 is 0 Å². The molecule has 0 aliphatic carbocycles. The number of halogens is 1. The van der Waals surface area contributed by atoms with Gasteiger partial charge >= 0.3 is 0 Å². The fraction of sp³-hybridized carbons (Fsp3) is 0.462. The van der Waals surface area contributed by atoms with Crippen LogP contribution in [0.25, 0.3) is 0 Å². The van der Waals surface area contributed by atoms with Gasteiger partial charge in [-0.15, -0.1) is 11.3 Å². The molecule has 2 heterocycles. The van der Waals surface area contributed by atoms with Gasteiger partial charge < -0.3 is 5.32 Å². The second kappa shape index (κ2) is 5.87. The molecule has 0 aliphatic heterocycles. The molecule has 1 unspecified atom stereocenters. The van der Waals surface area contributed by atoms with E-state index in [1.54, 1.807) is 11.3 Å². The molecule has 0 aliphatic rings. The topological polar surface area (TPSA) is 29.9 Å². The molecule has 3 nitrogen and oxygen atoms in total. The third-order valence-electron chi connectivity index (χ3n) is 2.98. The summed E-state index contributed by atoms with van der Waals surface area (Å²) in [7, 11) is 1.98. The highest BCUT2D eigenvalue weighted by Gasteiger charge is 2.15. The van der Waals surface area contributed by atoms with Crippen LogP contribution in [-0.4, -0.2) is 16.8 Å². The van der Waals surface area contributed by atoms with Crippen molar-refractivity contribution in [1.29, 1.82) is 0 Å². The summed E-state index contributed by atoms with van der Waals surface area (Å²) in [4.78, 5) is 1.27. The molecule has 5 heteroatoms. The van der Waals surface area contributed by atoms with Gasteiger partial charge in [-0.25, -0.2) is 0 Å². The monoisotopic (exact) mass is 283 g/mol. The Morgan fingerprint density at radius 1 is 1.50 bits per heavy atom. The van der Waals surface area contributed by atoms with E-state index in [4.69, 9.17) is 11.6 Å². The maximum atomic E-state index is 6.00. The molecule has 0 saturated heterocycles. The first-order chi connectivity index (χ1) is 8.63. The summed E-state index contributed by atoms with van der Waals surface area (Å²) in [6.07, 6.45) is 0.933. The van der Waals surface area contributed by atoms with E-state index < -0.39 is 0 Å². The zero-order valence-electron chi connectivity index (χ0n) is 10.9. The zero-order valence-corrected chi connectivity index (χ0v) is 12.5. The van der Waals surface area contributed by atoms with Gasteiger partial charge in [0.2, 0.25) is 0 Å². The second-order valence-electron chi connectivity index (χ2n) is 4.28. The van der Waals surface area contributed by atoms with Crippen molar-refractivity contribution in [2.45, 2.75) is 32.9 Å². The standard InChI is InChI=1S/C13H18ClN3S/c1-4-17-10(7-9(2)16-17)8-11(15-3)12-5-6-13(14)18-12/h5-7,11,15H,4,8H2,1-3H3. The van der Waals surface area contributed by atoms with E-state index in [1.807, 2.05) is 20.0 Å². The Kier molecular flexibility index (Phi) is 4.43. The van der Waals surface area contributed by atoms with Gasteiger partial charge in [0.1, 0.15) is 0 Å². The molecule has 0 spiro atoms. The number of aromatic nitrogens is 2. The van der Waals surface area contributed by atoms with Gasteiger partial charge in [0, 0.05) is 29.6 Å². The van der Waals surface area contributed by atoms with Gasteiger partial charge in [-0.1, -0.05) is 11.6 Å². The molecule has 1 atom stereocenters. The number of nitrogens with zero attached hydrogens (tertiary/aromatic N) is 2. The molecule has 0 radical (unpaired) electrons. The van der Waals surface area contributed by atoms with E-state index in [9.17, 15) is 0 Å². The van der Waals surface area contributed by atoms with E-state index in [-0.39, 0.29) is 0 Å². The van der Waals surface area contributed by atoms with Crippen LogP contribution in [0.3, 0.4) is 0 Å². The maximum absolute atomic E-state index is 6.00. The Labute approximate surface area is 117 Å². The summed E-state index contributed by atoms with van der Waals surface area (Å²) >= 11 is 7.63. The average Bonchev–Trinajstić information content (AvgIpc) is 2.92. The SMILES string of the molecule is CCn1nc(C)cc1CC(NC)c1ccc(Cl)s1. The molecule has 2 aromatic rings. The molecular weight excluding hydrogens is 266 g/mol. The molecule has 2 rings (SSSR count). The first-order valence-corrected chi connectivity index (χ1v) is 7.29. The molecule has 18 heavy (non-hydrogen) atoms. The van der Waals surface area contributed by atoms with Crippen molar-refractivity contribution in [3.05, 3.63) is 38.8 Å². The average molecular weight is 284 g/mol. The van der Waals surface area contributed by atoms with Gasteiger partial charge in [-0.2, -0.15) is 5.10 Å². The fourth-order valence-corrected chi connectivity index (χ4v) is 3.28. The first kappa shape index (κ1) is 13.6. The minimum atomic E-state index is 0.295. The summed E-state index contributed by atoms with van der Waals surface area (Å²) in [6.45, 7) is 5.06. The number of hydrogen-bond donors (Lipinski definition) is 1. The Morgan fingerprint density at radius 2 is 2.28 bits per heavy atom. The van der Waals surface area contributed by atoms with Crippen molar-refractivity contribution < 1.29 is 0 Å². The van der Waals surface area contributed by atoms with E-state index in [1.165, 1.54) is 10.6 Å². The zero-order chi connectivity index (χ0) is 13.1. The van der Waals surface area contributed by atoms with E-state index in [2.05, 4.69) is 34.2 Å². The van der Waals surface area contributed by atoms with Crippen molar-refractivity contribution >= 4 is 22.9 Å². The van der Waals surface area contributed by atoms with E-state index in [0.717, 1.165) is 23.0 Å². The lowest BCUT2D eigenvalue weighted by Gasteiger charge is -2.15. The van der Waals surface area contributed by atoms with Crippen LogP contribution >= 0.6 is 22.9 Å². The van der Waals surface area contributed by atoms with Crippen molar-refractivity contribution in [1.82, 2.24) is 15.1 Å². The molecule has 0 fully saturated rings. The van der Waals surface area contributed by atoms with Crippen LogP contribution in [0.15, 0.2) is 18.2 Å². The maximum Gasteiger partial charge on any atom is 0.0931 e. The largest absolute Gasteiger partial charge is 0.312 e. The van der Waals surface area contributed by atoms with Gasteiger partial charge in [-0.05, 0) is 39.1 Å². The fourth-order valence-electron chi connectivity index (χ4n) is 2.11. The van der Waals surface area contributed by atoms with Crippen molar-refractivity contribution in [3.8, 4) is 0 Å². The first-order valence-electron chi connectivity index (χ1n) is 6.09. The lowest BCUT2D eigenvalue weighted by molar-refractivity contribution is 0.546. The number of likely N-dealkylation sites (N-methyl/N-ethyl adjacent to an activating group) is 1. The smallest absolute Gasteiger partial charge is 0.0931 e. The van der Waals surface area contributed by atoms with Gasteiger partial charge in [-0.3, -0.25) is 4.68 Å². The van der Waals surface area contributed by atoms with Crippen LogP contribution in [-0.2, 0) is 13.0 Å². The molecule has 2 aromatic heterocycles. The highest BCUT2D eigenvalue weighted by atomic mass is 35.5. The lowest BCUT2D eigenvalue weighted by atomic mass is 10.1. The number of hydrogen-bond acceptors (Lipinski definition) is 3. The van der Waals surface area contributed by atoms with Crippen LogP contribution in [0, 0.1) is 6.92 Å². The highest BCUT2D eigenvalue weighted by molar-refractivity contribution is 7.16. The number of thiophene rings is 1. The Hall–Kier alpha value is -0.840. The van der Waals surface area contributed by atoms with Crippen LogP contribution in [0.4, 0.5) is 0 Å². The van der Waals surface area contributed by atoms with Crippen molar-refractivity contribution in [2.24, 2.45) is 0 Å². The predicted molar refractivity (Wildman–Crippen MR) is 77.5 cm³/mol. The molecule has 0 bridgehead atoms. The van der Waals surface area contributed by atoms with Crippen LogP contribution in [0.2, 0.25) is 4.34 Å². The second-order valence-corrected chi connectivity index (χ2v) is 6.03. The normalized spacial score (nSPS) is 12.9. The van der Waals surface area contributed by atoms with Gasteiger partial charge in [0.05, 0.1) is 10.0 Å². The van der Waals surface area contributed by atoms with Crippen molar-refractivity contribution in [2.75, 3.05) is 7.05 Å². The quantitative estimate of drug-likeness (QED) is 0.911. The highest BCUT2D eigenvalue weighted by Crippen LogP contribution is 2.28. The van der Waals surface area contributed by atoms with Crippen LogP contribution in [0.5, 0.6) is 0 Å². The predicted octanol–water partition coefficient (Wildman–Crippen LogP) is 3.43. The molecular formula is C13H18ClN3S. The molecule has 0 amide bonds.